The summed E-state index contributed by atoms with van der Waals surface area (Å²) in [4.78, 5) is 0. The van der Waals surface area contributed by atoms with E-state index in [-0.39, 0.29) is 13.2 Å². The van der Waals surface area contributed by atoms with Crippen molar-refractivity contribution in [2.75, 3.05) is 25.7 Å². The van der Waals surface area contributed by atoms with E-state index in [1.54, 1.807) is 0 Å². The van der Waals surface area contributed by atoms with E-state index >= 15 is 0 Å². The summed E-state index contributed by atoms with van der Waals surface area (Å²) in [5, 5.41) is 17.5. The Hall–Kier alpha value is -1.04. The number of rotatable bonds is 4. The van der Waals surface area contributed by atoms with Crippen LogP contribution in [0.3, 0.4) is 0 Å². The standard InChI is InChI=1S/C10H14O2.2CH4O3S/c11-7-5-9-3-1-2-4-10(9)6-8-12;2*1-5(2,3)4/h1-4,11-12H,5-8H2;2*1H3,(H,2,3,4). The minimum absolute atomic E-state index is 0.169. The SMILES string of the molecule is CS(=O)(=O)O.CS(=O)(=O)O.OCCc1ccccc1CCO. The lowest BCUT2D eigenvalue weighted by atomic mass is 10.0. The fourth-order valence-corrected chi connectivity index (χ4v) is 1.29. The molecule has 0 spiro atoms. The lowest BCUT2D eigenvalue weighted by molar-refractivity contribution is 0.293. The van der Waals surface area contributed by atoms with Gasteiger partial charge in [-0.25, -0.2) is 0 Å². The third-order valence-electron chi connectivity index (χ3n) is 1.88. The molecule has 4 N–H and O–H groups in total. The molecule has 0 unspecified atom stereocenters. The van der Waals surface area contributed by atoms with Crippen LogP contribution in [0.4, 0.5) is 0 Å². The quantitative estimate of drug-likeness (QED) is 0.539. The zero-order valence-corrected chi connectivity index (χ0v) is 14.0. The molecule has 10 heteroatoms. The average molecular weight is 358 g/mol. The maximum Gasteiger partial charge on any atom is 0.261 e. The zero-order valence-electron chi connectivity index (χ0n) is 12.4. The molecule has 0 saturated heterocycles. The highest BCUT2D eigenvalue weighted by molar-refractivity contribution is 7.85. The van der Waals surface area contributed by atoms with E-state index in [1.807, 2.05) is 24.3 Å². The molecular weight excluding hydrogens is 336 g/mol. The van der Waals surface area contributed by atoms with Gasteiger partial charge >= 0.3 is 0 Å². The van der Waals surface area contributed by atoms with Crippen LogP contribution < -0.4 is 0 Å². The molecule has 0 aliphatic carbocycles. The largest absolute Gasteiger partial charge is 0.396 e. The van der Waals surface area contributed by atoms with Crippen LogP contribution in [-0.2, 0) is 33.1 Å². The van der Waals surface area contributed by atoms with Gasteiger partial charge in [-0.05, 0) is 24.0 Å². The predicted molar refractivity (Wildman–Crippen MR) is 83.0 cm³/mol. The van der Waals surface area contributed by atoms with Crippen LogP contribution in [0.1, 0.15) is 11.1 Å². The summed E-state index contributed by atoms with van der Waals surface area (Å²) >= 11 is 0. The first-order valence-corrected chi connectivity index (χ1v) is 9.71. The third-order valence-corrected chi connectivity index (χ3v) is 1.88. The Morgan fingerprint density at radius 3 is 1.18 bits per heavy atom. The average Bonchev–Trinajstić information content (AvgIpc) is 2.28. The molecule has 0 saturated carbocycles. The number of aliphatic hydroxyl groups is 2. The van der Waals surface area contributed by atoms with Gasteiger partial charge in [-0.15, -0.1) is 0 Å². The molecule has 1 aromatic rings. The highest BCUT2D eigenvalue weighted by Gasteiger charge is 1.99. The zero-order chi connectivity index (χ0) is 17.8. The second-order valence-corrected chi connectivity index (χ2v) is 7.11. The van der Waals surface area contributed by atoms with Crippen LogP contribution in [0, 0.1) is 0 Å². The molecule has 130 valence electrons. The minimum atomic E-state index is -3.67. The third kappa shape index (κ3) is 24.0. The van der Waals surface area contributed by atoms with E-state index < -0.39 is 20.2 Å². The van der Waals surface area contributed by atoms with Crippen LogP contribution in [0.25, 0.3) is 0 Å². The van der Waals surface area contributed by atoms with Crippen molar-refractivity contribution in [3.05, 3.63) is 35.4 Å². The molecule has 8 nitrogen and oxygen atoms in total. The van der Waals surface area contributed by atoms with Gasteiger partial charge in [0.25, 0.3) is 20.2 Å². The number of aliphatic hydroxyl groups excluding tert-OH is 2. The Balaban J connectivity index is 0. The van der Waals surface area contributed by atoms with E-state index in [1.165, 1.54) is 0 Å². The van der Waals surface area contributed by atoms with E-state index in [2.05, 4.69) is 0 Å². The fraction of sp³-hybridized carbons (Fsp3) is 0.500. The molecule has 0 bridgehead atoms. The van der Waals surface area contributed by atoms with E-state index in [0.717, 1.165) is 11.1 Å². The van der Waals surface area contributed by atoms with Gasteiger partial charge in [-0.1, -0.05) is 24.3 Å². The Bertz CT molecular complexity index is 537. The van der Waals surface area contributed by atoms with Gasteiger partial charge in [0.1, 0.15) is 0 Å². The van der Waals surface area contributed by atoms with Crippen molar-refractivity contribution in [2.45, 2.75) is 12.8 Å². The lowest BCUT2D eigenvalue weighted by Crippen LogP contribution is -1.99. The van der Waals surface area contributed by atoms with Crippen molar-refractivity contribution in [3.63, 3.8) is 0 Å². The molecule has 0 aromatic heterocycles. The Labute approximate surface area is 130 Å². The van der Waals surface area contributed by atoms with Gasteiger partial charge < -0.3 is 10.2 Å². The molecule has 0 fully saturated rings. The van der Waals surface area contributed by atoms with Crippen LogP contribution in [0.15, 0.2) is 24.3 Å². The summed E-state index contributed by atoms with van der Waals surface area (Å²) in [5.74, 6) is 0. The second kappa shape index (κ2) is 11.5. The topological polar surface area (TPSA) is 149 Å². The summed E-state index contributed by atoms with van der Waals surface area (Å²) < 4.78 is 51.7. The summed E-state index contributed by atoms with van der Waals surface area (Å²) in [5.41, 5.74) is 2.27. The molecule has 1 aromatic carbocycles. The molecule has 0 amide bonds. The van der Waals surface area contributed by atoms with Gasteiger partial charge in [0.05, 0.1) is 12.5 Å². The number of hydrogen-bond donors (Lipinski definition) is 4. The van der Waals surface area contributed by atoms with Gasteiger partial charge in [0, 0.05) is 13.2 Å². The van der Waals surface area contributed by atoms with Crippen LogP contribution in [0.2, 0.25) is 0 Å². The molecule has 0 atom stereocenters. The van der Waals surface area contributed by atoms with Gasteiger partial charge in [-0.2, -0.15) is 16.8 Å². The van der Waals surface area contributed by atoms with Crippen molar-refractivity contribution >= 4 is 20.2 Å². The van der Waals surface area contributed by atoms with Crippen molar-refractivity contribution in [1.29, 1.82) is 0 Å². The van der Waals surface area contributed by atoms with E-state index in [4.69, 9.17) is 19.3 Å². The van der Waals surface area contributed by atoms with Gasteiger partial charge in [0.2, 0.25) is 0 Å². The first-order valence-electron chi connectivity index (χ1n) is 6.02. The van der Waals surface area contributed by atoms with Crippen LogP contribution in [-0.4, -0.2) is 61.9 Å². The number of benzene rings is 1. The monoisotopic (exact) mass is 358 g/mol. The minimum Gasteiger partial charge on any atom is -0.396 e. The molecular formula is C12H22O8S2. The van der Waals surface area contributed by atoms with Crippen molar-refractivity contribution in [2.24, 2.45) is 0 Å². The normalized spacial score (nSPS) is 10.8. The summed E-state index contributed by atoms with van der Waals surface area (Å²) in [6.45, 7) is 0.338. The predicted octanol–water partition coefficient (Wildman–Crippen LogP) is -0.236. The smallest absolute Gasteiger partial charge is 0.261 e. The van der Waals surface area contributed by atoms with Crippen molar-refractivity contribution < 1.29 is 36.2 Å². The molecule has 0 aliphatic rings. The van der Waals surface area contributed by atoms with E-state index in [9.17, 15) is 16.8 Å². The first kappa shape index (κ1) is 23.2. The van der Waals surface area contributed by atoms with Crippen molar-refractivity contribution in [3.8, 4) is 0 Å². The van der Waals surface area contributed by atoms with Crippen LogP contribution in [0.5, 0.6) is 0 Å². The molecule has 0 radical (unpaired) electrons. The second-order valence-electron chi connectivity index (χ2n) is 4.18. The summed E-state index contributed by atoms with van der Waals surface area (Å²) in [7, 11) is -7.33. The maximum atomic E-state index is 9.19. The highest BCUT2D eigenvalue weighted by Crippen LogP contribution is 2.09. The number of hydrogen-bond acceptors (Lipinski definition) is 6. The Kier molecular flexibility index (Phi) is 12.2. The highest BCUT2D eigenvalue weighted by atomic mass is 32.2. The fourth-order valence-electron chi connectivity index (χ4n) is 1.29. The van der Waals surface area contributed by atoms with E-state index in [0.29, 0.717) is 25.4 Å². The Morgan fingerprint density at radius 2 is 1.00 bits per heavy atom. The maximum absolute atomic E-state index is 9.19. The van der Waals surface area contributed by atoms with Crippen LogP contribution >= 0.6 is 0 Å². The Morgan fingerprint density at radius 1 is 0.773 bits per heavy atom. The van der Waals surface area contributed by atoms with Crippen molar-refractivity contribution in [1.82, 2.24) is 0 Å². The van der Waals surface area contributed by atoms with Gasteiger partial charge in [0.15, 0.2) is 0 Å². The molecule has 0 heterocycles. The molecule has 0 aliphatic heterocycles. The summed E-state index contributed by atoms with van der Waals surface area (Å²) in [6.07, 6.45) is 2.78. The molecule has 1 rings (SSSR count). The summed E-state index contributed by atoms with van der Waals surface area (Å²) in [6, 6.07) is 7.88. The first-order chi connectivity index (χ1) is 9.88. The molecule has 22 heavy (non-hydrogen) atoms. The van der Waals surface area contributed by atoms with Gasteiger partial charge in [-0.3, -0.25) is 9.11 Å². The lowest BCUT2D eigenvalue weighted by Gasteiger charge is -2.05.